The lowest BCUT2D eigenvalue weighted by Gasteiger charge is -2.33. The number of nitrogens with zero attached hydrogens (tertiary/aromatic N) is 2. The van der Waals surface area contributed by atoms with Gasteiger partial charge < -0.3 is 9.64 Å². The van der Waals surface area contributed by atoms with Crippen molar-refractivity contribution >= 4 is 29.4 Å². The molecule has 0 aromatic heterocycles. The minimum absolute atomic E-state index is 0.126. The molecular weight excluding hydrogens is 444 g/mol. The van der Waals surface area contributed by atoms with Gasteiger partial charge in [-0.15, -0.1) is 0 Å². The van der Waals surface area contributed by atoms with Gasteiger partial charge in [0.15, 0.2) is 0 Å². The van der Waals surface area contributed by atoms with Crippen LogP contribution in [-0.4, -0.2) is 34.6 Å². The van der Waals surface area contributed by atoms with Crippen molar-refractivity contribution in [3.05, 3.63) is 95.6 Å². The quantitative estimate of drug-likeness (QED) is 0.302. The van der Waals surface area contributed by atoms with Crippen LogP contribution in [0.5, 0.6) is 5.75 Å². The van der Waals surface area contributed by atoms with Gasteiger partial charge >= 0.3 is 5.97 Å². The standard InChI is InChI=1S/C28H26N2O5/c1-18-8-7-11-22(16-18)27(33)29(19(2)21-9-5-4-6-10-21)25-17-26(32)30(28(25)34)23-12-14-24(15-13-23)35-20(3)31/h4-16,19,25H,17H2,1-3H3. The number of rotatable bonds is 6. The maximum atomic E-state index is 13.7. The monoisotopic (exact) mass is 470 g/mol. The fraction of sp³-hybridized carbons (Fsp3) is 0.214. The predicted octanol–water partition coefficient (Wildman–Crippen LogP) is 4.46. The first-order chi connectivity index (χ1) is 16.8. The largest absolute Gasteiger partial charge is 0.427 e. The molecule has 1 saturated heterocycles. The van der Waals surface area contributed by atoms with Crippen molar-refractivity contribution in [3.63, 3.8) is 0 Å². The van der Waals surface area contributed by atoms with Crippen LogP contribution in [0.25, 0.3) is 0 Å². The number of hydrogen-bond donors (Lipinski definition) is 0. The van der Waals surface area contributed by atoms with E-state index < -0.39 is 29.9 Å². The minimum Gasteiger partial charge on any atom is -0.427 e. The smallest absolute Gasteiger partial charge is 0.308 e. The molecule has 1 heterocycles. The molecule has 0 aliphatic carbocycles. The molecule has 3 aromatic rings. The van der Waals surface area contributed by atoms with Crippen molar-refractivity contribution in [1.29, 1.82) is 0 Å². The Balaban J connectivity index is 1.69. The first-order valence-electron chi connectivity index (χ1n) is 11.4. The number of esters is 1. The van der Waals surface area contributed by atoms with Crippen LogP contribution in [0.15, 0.2) is 78.9 Å². The molecule has 0 spiro atoms. The molecule has 2 unspecified atom stereocenters. The molecule has 1 fully saturated rings. The zero-order valence-electron chi connectivity index (χ0n) is 19.8. The molecule has 3 amide bonds. The van der Waals surface area contributed by atoms with E-state index in [-0.39, 0.29) is 12.3 Å². The lowest BCUT2D eigenvalue weighted by Crippen LogP contribution is -2.46. The van der Waals surface area contributed by atoms with E-state index in [0.29, 0.717) is 17.0 Å². The van der Waals surface area contributed by atoms with Gasteiger partial charge in [0.2, 0.25) is 5.91 Å². The Hall–Kier alpha value is -4.26. The number of aryl methyl sites for hydroxylation is 1. The number of ether oxygens (including phenoxy) is 1. The summed E-state index contributed by atoms with van der Waals surface area (Å²) in [5.41, 5.74) is 2.59. The van der Waals surface area contributed by atoms with Crippen LogP contribution in [0.1, 0.15) is 47.8 Å². The van der Waals surface area contributed by atoms with Gasteiger partial charge in [-0.05, 0) is 55.8 Å². The van der Waals surface area contributed by atoms with Crippen LogP contribution in [0.2, 0.25) is 0 Å². The van der Waals surface area contributed by atoms with Gasteiger partial charge in [-0.25, -0.2) is 4.90 Å². The Labute approximate surface area is 203 Å². The predicted molar refractivity (Wildman–Crippen MR) is 131 cm³/mol. The van der Waals surface area contributed by atoms with Gasteiger partial charge in [-0.1, -0.05) is 48.0 Å². The SMILES string of the molecule is CC(=O)Oc1ccc(N2C(=O)CC(N(C(=O)c3cccc(C)c3)C(C)c3ccccc3)C2=O)cc1. The van der Waals surface area contributed by atoms with E-state index in [4.69, 9.17) is 4.74 Å². The van der Waals surface area contributed by atoms with E-state index in [1.54, 1.807) is 30.3 Å². The molecule has 7 nitrogen and oxygen atoms in total. The summed E-state index contributed by atoms with van der Waals surface area (Å²) in [7, 11) is 0. The Morgan fingerprint density at radius 3 is 2.29 bits per heavy atom. The second kappa shape index (κ2) is 9.93. The van der Waals surface area contributed by atoms with E-state index >= 15 is 0 Å². The lowest BCUT2D eigenvalue weighted by atomic mass is 10.0. The molecule has 0 saturated carbocycles. The van der Waals surface area contributed by atoms with Crippen LogP contribution < -0.4 is 9.64 Å². The summed E-state index contributed by atoms with van der Waals surface area (Å²) in [6.07, 6.45) is -0.126. The average molecular weight is 471 g/mol. The maximum absolute atomic E-state index is 13.7. The summed E-state index contributed by atoms with van der Waals surface area (Å²) in [6, 6.07) is 21.3. The van der Waals surface area contributed by atoms with Gasteiger partial charge in [0.1, 0.15) is 11.8 Å². The minimum atomic E-state index is -0.959. The number of carbonyl (C=O) groups excluding carboxylic acids is 4. The number of hydrogen-bond acceptors (Lipinski definition) is 5. The zero-order chi connectivity index (χ0) is 25.1. The number of amides is 3. The molecule has 2 atom stereocenters. The first-order valence-corrected chi connectivity index (χ1v) is 11.4. The summed E-state index contributed by atoms with van der Waals surface area (Å²) in [4.78, 5) is 54.1. The molecule has 1 aliphatic heterocycles. The van der Waals surface area contributed by atoms with E-state index in [0.717, 1.165) is 16.0 Å². The first kappa shape index (κ1) is 23.9. The summed E-state index contributed by atoms with van der Waals surface area (Å²) in [5, 5.41) is 0. The topological polar surface area (TPSA) is 84.0 Å². The highest BCUT2D eigenvalue weighted by atomic mass is 16.5. The molecule has 7 heteroatoms. The van der Waals surface area contributed by atoms with E-state index in [1.807, 2.05) is 50.2 Å². The zero-order valence-corrected chi connectivity index (χ0v) is 19.8. The molecule has 1 aliphatic rings. The highest BCUT2D eigenvalue weighted by Crippen LogP contribution is 2.33. The highest BCUT2D eigenvalue weighted by molar-refractivity contribution is 6.23. The van der Waals surface area contributed by atoms with E-state index in [1.165, 1.54) is 24.0 Å². The van der Waals surface area contributed by atoms with Gasteiger partial charge in [0.05, 0.1) is 18.2 Å². The second-order valence-corrected chi connectivity index (χ2v) is 8.54. The van der Waals surface area contributed by atoms with Crippen molar-refractivity contribution in [3.8, 4) is 5.75 Å². The van der Waals surface area contributed by atoms with Gasteiger partial charge in [-0.3, -0.25) is 19.2 Å². The van der Waals surface area contributed by atoms with Crippen molar-refractivity contribution in [2.45, 2.75) is 39.3 Å². The normalized spacial score (nSPS) is 16.2. The maximum Gasteiger partial charge on any atom is 0.308 e. The summed E-state index contributed by atoms with van der Waals surface area (Å²) in [6.45, 7) is 5.05. The molecule has 4 rings (SSSR count). The van der Waals surface area contributed by atoms with Crippen LogP contribution in [0.3, 0.4) is 0 Å². The number of imide groups is 1. The Morgan fingerprint density at radius 1 is 0.971 bits per heavy atom. The van der Waals surface area contributed by atoms with Crippen LogP contribution in [0, 0.1) is 6.92 Å². The van der Waals surface area contributed by atoms with E-state index in [9.17, 15) is 19.2 Å². The summed E-state index contributed by atoms with van der Waals surface area (Å²) >= 11 is 0. The third-order valence-corrected chi connectivity index (χ3v) is 6.01. The molecule has 0 bridgehead atoms. The van der Waals surface area contributed by atoms with Gasteiger partial charge in [0, 0.05) is 12.5 Å². The van der Waals surface area contributed by atoms with Crippen molar-refractivity contribution in [2.24, 2.45) is 0 Å². The number of anilines is 1. The molecular formula is C28H26N2O5. The van der Waals surface area contributed by atoms with Crippen molar-refractivity contribution < 1.29 is 23.9 Å². The van der Waals surface area contributed by atoms with Gasteiger partial charge in [0.25, 0.3) is 11.8 Å². The summed E-state index contributed by atoms with van der Waals surface area (Å²) in [5.74, 6) is -1.35. The third kappa shape index (κ3) is 4.99. The van der Waals surface area contributed by atoms with Crippen LogP contribution in [0.4, 0.5) is 5.69 Å². The Morgan fingerprint density at radius 2 is 1.66 bits per heavy atom. The summed E-state index contributed by atoms with van der Waals surface area (Å²) < 4.78 is 5.04. The molecule has 35 heavy (non-hydrogen) atoms. The Kier molecular flexibility index (Phi) is 6.78. The highest BCUT2D eigenvalue weighted by Gasteiger charge is 2.46. The number of benzene rings is 3. The van der Waals surface area contributed by atoms with Crippen molar-refractivity contribution in [2.75, 3.05) is 4.90 Å². The fourth-order valence-electron chi connectivity index (χ4n) is 4.34. The second-order valence-electron chi connectivity index (χ2n) is 8.54. The van der Waals surface area contributed by atoms with Crippen molar-refractivity contribution in [1.82, 2.24) is 4.90 Å². The third-order valence-electron chi connectivity index (χ3n) is 6.01. The number of carbonyl (C=O) groups is 4. The lowest BCUT2D eigenvalue weighted by molar-refractivity contribution is -0.132. The molecule has 0 N–H and O–H groups in total. The molecule has 178 valence electrons. The van der Waals surface area contributed by atoms with Gasteiger partial charge in [-0.2, -0.15) is 0 Å². The van der Waals surface area contributed by atoms with Crippen LogP contribution in [-0.2, 0) is 14.4 Å². The molecule has 0 radical (unpaired) electrons. The van der Waals surface area contributed by atoms with Crippen LogP contribution >= 0.6 is 0 Å². The van der Waals surface area contributed by atoms with E-state index in [2.05, 4.69) is 0 Å². The average Bonchev–Trinajstić information content (AvgIpc) is 3.13. The molecule has 3 aromatic carbocycles. The Bertz CT molecular complexity index is 1270. The fourth-order valence-corrected chi connectivity index (χ4v) is 4.34.